The lowest BCUT2D eigenvalue weighted by Gasteiger charge is -2.14. The fraction of sp³-hybridized carbons (Fsp3) is 0.0952. The number of nitrogens with one attached hydrogen (secondary N) is 2. The highest BCUT2D eigenvalue weighted by Gasteiger charge is 2.18. The summed E-state index contributed by atoms with van der Waals surface area (Å²) in [5, 5.41) is 6.00. The van der Waals surface area contributed by atoms with Gasteiger partial charge in [0, 0.05) is 25.5 Å². The molecule has 7 heteroatoms. The molecule has 0 aliphatic rings. The van der Waals surface area contributed by atoms with E-state index in [2.05, 4.69) is 10.6 Å². The van der Waals surface area contributed by atoms with Crippen LogP contribution in [0.2, 0.25) is 0 Å². The van der Waals surface area contributed by atoms with Gasteiger partial charge in [-0.25, -0.2) is 12.7 Å². The van der Waals surface area contributed by atoms with E-state index in [4.69, 9.17) is 0 Å². The van der Waals surface area contributed by atoms with E-state index in [0.717, 1.165) is 9.99 Å². The van der Waals surface area contributed by atoms with Crippen LogP contribution in [0.1, 0.15) is 10.4 Å². The van der Waals surface area contributed by atoms with Crippen molar-refractivity contribution < 1.29 is 13.2 Å². The van der Waals surface area contributed by atoms with Gasteiger partial charge in [-0.1, -0.05) is 36.4 Å². The van der Waals surface area contributed by atoms with Gasteiger partial charge in [0.25, 0.3) is 5.91 Å². The van der Waals surface area contributed by atoms with Crippen LogP contribution in [0.4, 0.5) is 17.1 Å². The number of carbonyl (C=O) groups excluding carboxylic acids is 1. The first-order valence-electron chi connectivity index (χ1n) is 8.63. The minimum atomic E-state index is -3.58. The number of rotatable bonds is 6. The number of carbonyl (C=O) groups is 1. The molecule has 0 bridgehead atoms. The van der Waals surface area contributed by atoms with Crippen LogP contribution in [0.15, 0.2) is 83.8 Å². The molecule has 0 saturated heterocycles. The Kier molecular flexibility index (Phi) is 5.77. The Morgan fingerprint density at radius 2 is 1.46 bits per heavy atom. The molecule has 0 radical (unpaired) electrons. The average Bonchev–Trinajstić information content (AvgIpc) is 2.69. The van der Waals surface area contributed by atoms with E-state index in [1.54, 1.807) is 24.3 Å². The van der Waals surface area contributed by atoms with Crippen LogP contribution in [-0.2, 0) is 10.0 Å². The van der Waals surface area contributed by atoms with Gasteiger partial charge in [-0.2, -0.15) is 0 Å². The van der Waals surface area contributed by atoms with Crippen molar-refractivity contribution in [2.24, 2.45) is 0 Å². The molecule has 6 nitrogen and oxygen atoms in total. The Labute approximate surface area is 164 Å². The van der Waals surface area contributed by atoms with Crippen molar-refractivity contribution in [3.05, 3.63) is 84.4 Å². The number of benzene rings is 3. The monoisotopic (exact) mass is 395 g/mol. The fourth-order valence-electron chi connectivity index (χ4n) is 2.61. The fourth-order valence-corrected chi connectivity index (χ4v) is 3.56. The number of amides is 1. The van der Waals surface area contributed by atoms with Gasteiger partial charge in [-0.05, 0) is 42.5 Å². The Balaban J connectivity index is 1.85. The Morgan fingerprint density at radius 3 is 2.18 bits per heavy atom. The second-order valence-corrected chi connectivity index (χ2v) is 8.46. The second kappa shape index (κ2) is 8.24. The van der Waals surface area contributed by atoms with Crippen LogP contribution in [0.3, 0.4) is 0 Å². The molecule has 1 amide bonds. The third-order valence-electron chi connectivity index (χ3n) is 4.09. The molecule has 144 valence electrons. The van der Waals surface area contributed by atoms with E-state index in [-0.39, 0.29) is 10.8 Å². The van der Waals surface area contributed by atoms with Gasteiger partial charge in [0.15, 0.2) is 0 Å². The molecule has 3 rings (SSSR count). The van der Waals surface area contributed by atoms with Crippen molar-refractivity contribution in [1.29, 1.82) is 0 Å². The van der Waals surface area contributed by atoms with E-state index < -0.39 is 10.0 Å². The second-order valence-electron chi connectivity index (χ2n) is 6.31. The van der Waals surface area contributed by atoms with Crippen molar-refractivity contribution in [2.75, 3.05) is 24.7 Å². The summed E-state index contributed by atoms with van der Waals surface area (Å²) in [6.45, 7) is 0. The number of hydrogen-bond donors (Lipinski definition) is 2. The Bertz CT molecular complexity index is 1080. The molecule has 0 heterocycles. The zero-order valence-electron chi connectivity index (χ0n) is 15.6. The maximum atomic E-state index is 12.8. The first kappa shape index (κ1) is 19.6. The maximum Gasteiger partial charge on any atom is 0.257 e. The minimum Gasteiger partial charge on any atom is -0.355 e. The van der Waals surface area contributed by atoms with Gasteiger partial charge in [0.05, 0.1) is 16.1 Å². The van der Waals surface area contributed by atoms with E-state index >= 15 is 0 Å². The zero-order chi connectivity index (χ0) is 20.1. The van der Waals surface area contributed by atoms with Gasteiger partial charge >= 0.3 is 0 Å². The summed E-state index contributed by atoms with van der Waals surface area (Å²) in [7, 11) is -0.650. The highest BCUT2D eigenvalue weighted by Crippen LogP contribution is 2.23. The predicted octanol–water partition coefficient (Wildman–Crippen LogP) is 3.93. The first-order valence-corrected chi connectivity index (χ1v) is 10.1. The van der Waals surface area contributed by atoms with Gasteiger partial charge in [-0.3, -0.25) is 4.79 Å². The first-order chi connectivity index (χ1) is 13.4. The quantitative estimate of drug-likeness (QED) is 0.663. The molecule has 0 unspecified atom stereocenters. The van der Waals surface area contributed by atoms with Crippen LogP contribution >= 0.6 is 0 Å². The summed E-state index contributed by atoms with van der Waals surface area (Å²) in [4.78, 5) is 12.9. The lowest BCUT2D eigenvalue weighted by atomic mass is 10.1. The summed E-state index contributed by atoms with van der Waals surface area (Å²) in [6, 6.07) is 22.9. The molecular formula is C21H21N3O3S. The largest absolute Gasteiger partial charge is 0.355 e. The SMILES string of the molecule is CN(C)S(=O)(=O)c1cccc(NC(=O)c2ccccc2Nc2ccccc2)c1. The zero-order valence-corrected chi connectivity index (χ0v) is 16.4. The molecule has 0 saturated carbocycles. The van der Waals surface area contributed by atoms with E-state index in [1.165, 1.54) is 26.2 Å². The Hall–Kier alpha value is -3.16. The number of para-hydroxylation sites is 2. The van der Waals surface area contributed by atoms with E-state index in [9.17, 15) is 13.2 Å². The molecule has 0 atom stereocenters. The highest BCUT2D eigenvalue weighted by atomic mass is 32.2. The predicted molar refractivity (Wildman–Crippen MR) is 111 cm³/mol. The van der Waals surface area contributed by atoms with Crippen LogP contribution in [0.25, 0.3) is 0 Å². The maximum absolute atomic E-state index is 12.8. The molecular weight excluding hydrogens is 374 g/mol. The molecule has 0 spiro atoms. The standard InChI is InChI=1S/C21H21N3O3S/c1-24(2)28(26,27)18-12-8-11-17(15-18)23-21(25)19-13-6-7-14-20(19)22-16-9-4-3-5-10-16/h3-15,22H,1-2H3,(H,23,25). The van der Waals surface area contributed by atoms with Crippen molar-refractivity contribution in [3.63, 3.8) is 0 Å². The topological polar surface area (TPSA) is 78.5 Å². The van der Waals surface area contributed by atoms with Crippen molar-refractivity contribution >= 4 is 33.0 Å². The van der Waals surface area contributed by atoms with Crippen LogP contribution in [0.5, 0.6) is 0 Å². The number of hydrogen-bond acceptors (Lipinski definition) is 4. The Morgan fingerprint density at radius 1 is 0.821 bits per heavy atom. The van der Waals surface area contributed by atoms with Crippen LogP contribution in [0, 0.1) is 0 Å². The van der Waals surface area contributed by atoms with Crippen LogP contribution < -0.4 is 10.6 Å². The third kappa shape index (κ3) is 4.39. The lowest BCUT2D eigenvalue weighted by molar-refractivity contribution is 0.102. The normalized spacial score (nSPS) is 11.2. The van der Waals surface area contributed by atoms with Gasteiger partial charge in [0.2, 0.25) is 10.0 Å². The summed E-state index contributed by atoms with van der Waals surface area (Å²) in [6.07, 6.45) is 0. The smallest absolute Gasteiger partial charge is 0.257 e. The number of anilines is 3. The molecule has 28 heavy (non-hydrogen) atoms. The van der Waals surface area contributed by atoms with Crippen LogP contribution in [-0.4, -0.2) is 32.7 Å². The van der Waals surface area contributed by atoms with Crippen molar-refractivity contribution in [2.45, 2.75) is 4.90 Å². The lowest BCUT2D eigenvalue weighted by Crippen LogP contribution is -2.22. The average molecular weight is 395 g/mol. The minimum absolute atomic E-state index is 0.117. The van der Waals surface area contributed by atoms with Crippen molar-refractivity contribution in [3.8, 4) is 0 Å². The van der Waals surface area contributed by atoms with Gasteiger partial charge < -0.3 is 10.6 Å². The third-order valence-corrected chi connectivity index (χ3v) is 5.91. The molecule has 2 N–H and O–H groups in total. The summed E-state index contributed by atoms with van der Waals surface area (Å²) in [5.74, 6) is -0.335. The summed E-state index contributed by atoms with van der Waals surface area (Å²) in [5.41, 5.74) is 2.37. The van der Waals surface area contributed by atoms with Crippen molar-refractivity contribution in [1.82, 2.24) is 4.31 Å². The highest BCUT2D eigenvalue weighted by molar-refractivity contribution is 7.89. The summed E-state index contributed by atoms with van der Waals surface area (Å²) >= 11 is 0. The molecule has 0 aliphatic carbocycles. The molecule has 0 fully saturated rings. The number of sulfonamides is 1. The molecule has 0 aromatic heterocycles. The van der Waals surface area contributed by atoms with Gasteiger partial charge in [0.1, 0.15) is 0 Å². The number of nitrogens with zero attached hydrogens (tertiary/aromatic N) is 1. The molecule has 3 aromatic carbocycles. The summed E-state index contributed by atoms with van der Waals surface area (Å²) < 4.78 is 25.7. The van der Waals surface area contributed by atoms with E-state index in [1.807, 2.05) is 42.5 Å². The molecule has 0 aliphatic heterocycles. The molecule has 3 aromatic rings. The van der Waals surface area contributed by atoms with Gasteiger partial charge in [-0.15, -0.1) is 0 Å². The van der Waals surface area contributed by atoms with E-state index in [0.29, 0.717) is 16.9 Å².